The summed E-state index contributed by atoms with van der Waals surface area (Å²) >= 11 is 0. The molecule has 1 saturated heterocycles. The van der Waals surface area contributed by atoms with E-state index >= 15 is 0 Å². The SMILES string of the molecule is CCC(O)c1ccc(N(C)CC2(O)CCOCC2)cc1. The molecule has 0 radical (unpaired) electrons. The summed E-state index contributed by atoms with van der Waals surface area (Å²) in [7, 11) is 1.98. The quantitative estimate of drug-likeness (QED) is 0.867. The molecule has 20 heavy (non-hydrogen) atoms. The first-order chi connectivity index (χ1) is 9.54. The van der Waals surface area contributed by atoms with Crippen molar-refractivity contribution in [3.8, 4) is 0 Å². The Kier molecular flexibility index (Phi) is 5.02. The molecule has 4 heteroatoms. The average Bonchev–Trinajstić information content (AvgIpc) is 2.47. The molecule has 2 N–H and O–H groups in total. The average molecular weight is 279 g/mol. The maximum absolute atomic E-state index is 10.5. The molecule has 1 aliphatic heterocycles. The standard InChI is InChI=1S/C16H25NO3/c1-3-15(18)13-4-6-14(7-5-13)17(2)12-16(19)8-10-20-11-9-16/h4-7,15,18-19H,3,8-12H2,1-2H3. The van der Waals surface area contributed by atoms with E-state index in [1.807, 2.05) is 38.2 Å². The molecule has 0 aliphatic carbocycles. The summed E-state index contributed by atoms with van der Waals surface area (Å²) in [4.78, 5) is 2.06. The van der Waals surface area contributed by atoms with E-state index in [4.69, 9.17) is 4.74 Å². The van der Waals surface area contributed by atoms with Crippen LogP contribution in [0.5, 0.6) is 0 Å². The number of anilines is 1. The Hall–Kier alpha value is -1.10. The number of benzene rings is 1. The molecule has 0 aromatic heterocycles. The van der Waals surface area contributed by atoms with Gasteiger partial charge in [-0.3, -0.25) is 0 Å². The van der Waals surface area contributed by atoms with Crippen molar-refractivity contribution in [3.05, 3.63) is 29.8 Å². The van der Waals surface area contributed by atoms with Crippen LogP contribution in [-0.2, 0) is 4.74 Å². The van der Waals surface area contributed by atoms with Crippen molar-refractivity contribution in [1.29, 1.82) is 0 Å². The minimum Gasteiger partial charge on any atom is -0.388 e. The molecule has 4 nitrogen and oxygen atoms in total. The lowest BCUT2D eigenvalue weighted by Crippen LogP contribution is -2.45. The minimum atomic E-state index is -0.658. The molecule has 0 amide bonds. The maximum atomic E-state index is 10.5. The number of nitrogens with zero attached hydrogens (tertiary/aromatic N) is 1. The Bertz CT molecular complexity index is 412. The zero-order chi connectivity index (χ0) is 14.6. The fourth-order valence-electron chi connectivity index (χ4n) is 2.63. The van der Waals surface area contributed by atoms with Gasteiger partial charge in [0, 0.05) is 45.3 Å². The first-order valence-corrected chi connectivity index (χ1v) is 7.33. The van der Waals surface area contributed by atoms with Crippen LogP contribution in [0.4, 0.5) is 5.69 Å². The zero-order valence-corrected chi connectivity index (χ0v) is 12.4. The summed E-state index contributed by atoms with van der Waals surface area (Å²) in [5, 5.41) is 20.3. The normalized spacial score (nSPS) is 19.6. The second-order valence-electron chi connectivity index (χ2n) is 5.71. The van der Waals surface area contributed by atoms with Crippen molar-refractivity contribution < 1.29 is 14.9 Å². The molecule has 1 aromatic rings. The lowest BCUT2D eigenvalue weighted by molar-refractivity contribution is -0.0572. The third-order valence-corrected chi connectivity index (χ3v) is 4.06. The molecule has 0 saturated carbocycles. The molecule has 1 aliphatic rings. The monoisotopic (exact) mass is 279 g/mol. The van der Waals surface area contributed by atoms with Crippen LogP contribution in [0, 0.1) is 0 Å². The van der Waals surface area contributed by atoms with Crippen molar-refractivity contribution in [3.63, 3.8) is 0 Å². The number of hydrogen-bond acceptors (Lipinski definition) is 4. The van der Waals surface area contributed by atoms with Crippen LogP contribution < -0.4 is 4.90 Å². The van der Waals surface area contributed by atoms with E-state index in [0.717, 1.165) is 17.7 Å². The Balaban J connectivity index is 2.00. The Morgan fingerprint density at radius 2 is 1.85 bits per heavy atom. The highest BCUT2D eigenvalue weighted by Gasteiger charge is 2.31. The maximum Gasteiger partial charge on any atom is 0.0865 e. The van der Waals surface area contributed by atoms with Crippen LogP contribution in [0.15, 0.2) is 24.3 Å². The van der Waals surface area contributed by atoms with Crippen LogP contribution in [0.3, 0.4) is 0 Å². The Labute approximate surface area is 121 Å². The molecule has 0 spiro atoms. The van der Waals surface area contributed by atoms with Crippen LogP contribution in [-0.4, -0.2) is 42.6 Å². The molecule has 1 aromatic carbocycles. The molecule has 1 fully saturated rings. The summed E-state index contributed by atoms with van der Waals surface area (Å²) in [6.07, 6.45) is 1.69. The summed E-state index contributed by atoms with van der Waals surface area (Å²) in [5.41, 5.74) is 1.33. The smallest absolute Gasteiger partial charge is 0.0865 e. The topological polar surface area (TPSA) is 52.9 Å². The number of aliphatic hydroxyl groups is 2. The first-order valence-electron chi connectivity index (χ1n) is 7.33. The van der Waals surface area contributed by atoms with Crippen molar-refractivity contribution in [2.75, 3.05) is 31.7 Å². The molecule has 1 heterocycles. The molecular formula is C16H25NO3. The van der Waals surface area contributed by atoms with Crippen LogP contribution in [0.1, 0.15) is 37.9 Å². The first kappa shape index (κ1) is 15.3. The van der Waals surface area contributed by atoms with E-state index < -0.39 is 11.7 Å². The van der Waals surface area contributed by atoms with Gasteiger partial charge in [-0.05, 0) is 24.1 Å². The van der Waals surface area contributed by atoms with Gasteiger partial charge in [0.25, 0.3) is 0 Å². The van der Waals surface area contributed by atoms with E-state index in [0.29, 0.717) is 32.6 Å². The second kappa shape index (κ2) is 6.57. The van der Waals surface area contributed by atoms with Crippen LogP contribution >= 0.6 is 0 Å². The molecule has 1 unspecified atom stereocenters. The molecule has 2 rings (SSSR count). The predicted molar refractivity (Wildman–Crippen MR) is 80.0 cm³/mol. The number of hydrogen-bond donors (Lipinski definition) is 2. The fourth-order valence-corrected chi connectivity index (χ4v) is 2.63. The van der Waals surface area contributed by atoms with Gasteiger partial charge in [-0.1, -0.05) is 19.1 Å². The lowest BCUT2D eigenvalue weighted by Gasteiger charge is -2.36. The third kappa shape index (κ3) is 3.72. The Morgan fingerprint density at radius 1 is 1.25 bits per heavy atom. The van der Waals surface area contributed by atoms with Gasteiger partial charge in [-0.25, -0.2) is 0 Å². The van der Waals surface area contributed by atoms with E-state index in [-0.39, 0.29) is 0 Å². The van der Waals surface area contributed by atoms with Gasteiger partial charge in [-0.15, -0.1) is 0 Å². The van der Waals surface area contributed by atoms with E-state index in [2.05, 4.69) is 4.90 Å². The number of aliphatic hydroxyl groups excluding tert-OH is 1. The van der Waals surface area contributed by atoms with Crippen molar-refractivity contribution in [2.45, 2.75) is 37.9 Å². The van der Waals surface area contributed by atoms with E-state index in [9.17, 15) is 10.2 Å². The minimum absolute atomic E-state index is 0.394. The van der Waals surface area contributed by atoms with Gasteiger partial charge < -0.3 is 19.8 Å². The number of rotatable bonds is 5. The summed E-state index contributed by atoms with van der Waals surface area (Å²) in [5.74, 6) is 0. The van der Waals surface area contributed by atoms with Gasteiger partial charge in [0.1, 0.15) is 0 Å². The van der Waals surface area contributed by atoms with Crippen molar-refractivity contribution in [2.24, 2.45) is 0 Å². The summed E-state index contributed by atoms with van der Waals surface area (Å²) in [6.45, 7) is 3.83. The third-order valence-electron chi connectivity index (χ3n) is 4.06. The Morgan fingerprint density at radius 3 is 2.40 bits per heavy atom. The molecule has 112 valence electrons. The molecule has 0 bridgehead atoms. The van der Waals surface area contributed by atoms with Gasteiger partial charge in [0.2, 0.25) is 0 Å². The predicted octanol–water partition coefficient (Wildman–Crippen LogP) is 2.11. The largest absolute Gasteiger partial charge is 0.388 e. The van der Waals surface area contributed by atoms with Gasteiger partial charge in [0.15, 0.2) is 0 Å². The molecule has 1 atom stereocenters. The van der Waals surface area contributed by atoms with E-state index in [1.54, 1.807) is 0 Å². The van der Waals surface area contributed by atoms with Crippen LogP contribution in [0.25, 0.3) is 0 Å². The second-order valence-corrected chi connectivity index (χ2v) is 5.71. The summed E-state index contributed by atoms with van der Waals surface area (Å²) in [6, 6.07) is 7.90. The van der Waals surface area contributed by atoms with Crippen molar-refractivity contribution in [1.82, 2.24) is 0 Å². The van der Waals surface area contributed by atoms with Gasteiger partial charge in [-0.2, -0.15) is 0 Å². The van der Waals surface area contributed by atoms with E-state index in [1.165, 1.54) is 0 Å². The number of ether oxygens (including phenoxy) is 1. The zero-order valence-electron chi connectivity index (χ0n) is 12.4. The van der Waals surface area contributed by atoms with Crippen molar-refractivity contribution >= 4 is 5.69 Å². The summed E-state index contributed by atoms with van der Waals surface area (Å²) < 4.78 is 5.30. The van der Waals surface area contributed by atoms with Gasteiger partial charge >= 0.3 is 0 Å². The number of likely N-dealkylation sites (N-methyl/N-ethyl adjacent to an activating group) is 1. The van der Waals surface area contributed by atoms with Crippen LogP contribution in [0.2, 0.25) is 0 Å². The van der Waals surface area contributed by atoms with Gasteiger partial charge in [0.05, 0.1) is 11.7 Å². The molecular weight excluding hydrogens is 254 g/mol. The highest BCUT2D eigenvalue weighted by Crippen LogP contribution is 2.25. The lowest BCUT2D eigenvalue weighted by atomic mass is 9.93. The fraction of sp³-hybridized carbons (Fsp3) is 0.625. The highest BCUT2D eigenvalue weighted by molar-refractivity contribution is 5.47. The highest BCUT2D eigenvalue weighted by atomic mass is 16.5.